The van der Waals surface area contributed by atoms with Crippen LogP contribution in [0.3, 0.4) is 0 Å². The summed E-state index contributed by atoms with van der Waals surface area (Å²) in [5.41, 5.74) is 0.354. The van der Waals surface area contributed by atoms with Crippen molar-refractivity contribution >= 4 is 23.1 Å². The molecular weight excluding hydrogens is 439 g/mol. The number of halogens is 3. The van der Waals surface area contributed by atoms with Crippen molar-refractivity contribution in [3.8, 4) is 0 Å². The zero-order valence-corrected chi connectivity index (χ0v) is 17.7. The van der Waals surface area contributed by atoms with Crippen LogP contribution >= 0.6 is 0 Å². The third kappa shape index (κ3) is 5.30. The number of alkyl halides is 3. The van der Waals surface area contributed by atoms with E-state index in [-0.39, 0.29) is 24.8 Å². The van der Waals surface area contributed by atoms with Crippen molar-refractivity contribution in [3.05, 3.63) is 60.3 Å². The lowest BCUT2D eigenvalue weighted by Crippen LogP contribution is -2.48. The van der Waals surface area contributed by atoms with Gasteiger partial charge in [-0.2, -0.15) is 13.2 Å². The normalized spacial score (nSPS) is 14.8. The number of hydrogen-bond donors (Lipinski definition) is 1. The fourth-order valence-electron chi connectivity index (χ4n) is 3.64. The average Bonchev–Trinajstić information content (AvgIpc) is 3.52. The van der Waals surface area contributed by atoms with E-state index in [0.29, 0.717) is 11.3 Å². The molecule has 1 saturated carbocycles. The molecular formula is C22H22F3N5O3. The summed E-state index contributed by atoms with van der Waals surface area (Å²) in [5, 5.41) is 2.58. The van der Waals surface area contributed by atoms with Crippen LogP contribution in [0.2, 0.25) is 0 Å². The summed E-state index contributed by atoms with van der Waals surface area (Å²) in [4.78, 5) is 35.3. The second kappa shape index (κ2) is 9.18. The highest BCUT2D eigenvalue weighted by atomic mass is 19.4. The first-order chi connectivity index (χ1) is 15.8. The Balaban J connectivity index is 1.55. The number of hydrogen-bond acceptors (Lipinski definition) is 5. The number of amides is 2. The second-order valence-electron chi connectivity index (χ2n) is 7.89. The van der Waals surface area contributed by atoms with E-state index >= 15 is 0 Å². The first-order valence-electron chi connectivity index (χ1n) is 10.3. The van der Waals surface area contributed by atoms with Gasteiger partial charge in [-0.25, -0.2) is 4.98 Å². The van der Waals surface area contributed by atoms with E-state index in [2.05, 4.69) is 15.3 Å². The minimum atomic E-state index is -4.51. The van der Waals surface area contributed by atoms with Gasteiger partial charge in [-0.05, 0) is 37.0 Å². The standard InChI is InChI=1S/C22H22F3N5O3/c1-33-13-18(14-2-3-14)30(12-17-5-4-15(11-27-17)22(23,24)25)21(32)20(31)28-16-6-8-29-9-7-26-19(29)10-16/h4-11,14,18H,2-3,12-13H2,1H3,(H,28,31). The van der Waals surface area contributed by atoms with Gasteiger partial charge in [0.25, 0.3) is 0 Å². The summed E-state index contributed by atoms with van der Waals surface area (Å²) in [6.07, 6.45) is 3.01. The number of methoxy groups -OCH3 is 1. The fourth-order valence-corrected chi connectivity index (χ4v) is 3.64. The molecule has 0 aromatic carbocycles. The third-order valence-electron chi connectivity index (χ3n) is 5.50. The zero-order chi connectivity index (χ0) is 23.6. The van der Waals surface area contributed by atoms with Crippen molar-refractivity contribution in [3.63, 3.8) is 0 Å². The average molecular weight is 461 g/mol. The first-order valence-corrected chi connectivity index (χ1v) is 10.3. The Kier molecular flexibility index (Phi) is 6.32. The molecule has 0 bridgehead atoms. The van der Waals surface area contributed by atoms with Gasteiger partial charge in [-0.15, -0.1) is 0 Å². The van der Waals surface area contributed by atoms with Crippen molar-refractivity contribution in [1.29, 1.82) is 0 Å². The van der Waals surface area contributed by atoms with Crippen LogP contribution in [0.15, 0.2) is 49.1 Å². The molecule has 1 unspecified atom stereocenters. The van der Waals surface area contributed by atoms with Crippen molar-refractivity contribution < 1.29 is 27.5 Å². The molecule has 174 valence electrons. The second-order valence-corrected chi connectivity index (χ2v) is 7.89. The van der Waals surface area contributed by atoms with E-state index in [1.165, 1.54) is 18.1 Å². The topological polar surface area (TPSA) is 88.8 Å². The van der Waals surface area contributed by atoms with Crippen molar-refractivity contribution in [2.75, 3.05) is 19.0 Å². The van der Waals surface area contributed by atoms with Crippen molar-refractivity contribution in [2.45, 2.75) is 31.6 Å². The monoisotopic (exact) mass is 461 g/mol. The number of imidazole rings is 1. The molecule has 3 aromatic heterocycles. The van der Waals surface area contributed by atoms with Gasteiger partial charge >= 0.3 is 18.0 Å². The van der Waals surface area contributed by atoms with E-state index in [1.54, 1.807) is 35.1 Å². The molecule has 1 atom stereocenters. The van der Waals surface area contributed by atoms with Crippen molar-refractivity contribution in [1.82, 2.24) is 19.3 Å². The summed E-state index contributed by atoms with van der Waals surface area (Å²) < 4.78 is 45.6. The molecule has 0 aliphatic heterocycles. The molecule has 0 radical (unpaired) electrons. The van der Waals surface area contributed by atoms with Gasteiger partial charge in [0.05, 0.1) is 30.5 Å². The summed E-state index contributed by atoms with van der Waals surface area (Å²) in [6, 6.07) is 4.99. The highest BCUT2D eigenvalue weighted by molar-refractivity contribution is 6.39. The van der Waals surface area contributed by atoms with Gasteiger partial charge < -0.3 is 19.4 Å². The molecule has 0 saturated heterocycles. The maximum absolute atomic E-state index is 13.2. The lowest BCUT2D eigenvalue weighted by atomic mass is 10.1. The first kappa shape index (κ1) is 22.7. The summed E-state index contributed by atoms with van der Waals surface area (Å²) in [5.74, 6) is -1.52. The molecule has 33 heavy (non-hydrogen) atoms. The number of anilines is 1. The van der Waals surface area contributed by atoms with Crippen LogP contribution in [0.1, 0.15) is 24.1 Å². The summed E-state index contributed by atoms with van der Waals surface area (Å²) >= 11 is 0. The van der Waals surface area contributed by atoms with Gasteiger partial charge in [0.1, 0.15) is 5.65 Å². The van der Waals surface area contributed by atoms with E-state index in [9.17, 15) is 22.8 Å². The van der Waals surface area contributed by atoms with Gasteiger partial charge in [-0.3, -0.25) is 14.6 Å². The smallest absolute Gasteiger partial charge is 0.383 e. The van der Waals surface area contributed by atoms with Crippen molar-refractivity contribution in [2.24, 2.45) is 5.92 Å². The Labute approximate surface area is 187 Å². The predicted octanol–water partition coefficient (Wildman–Crippen LogP) is 3.14. The SMILES string of the molecule is COCC(C1CC1)N(Cc1ccc(C(F)(F)F)cn1)C(=O)C(=O)Nc1ccn2ccnc2c1. The number of carbonyl (C=O) groups is 2. The highest BCUT2D eigenvalue weighted by Gasteiger charge is 2.39. The number of nitrogens with zero attached hydrogens (tertiary/aromatic N) is 4. The van der Waals surface area contributed by atoms with E-state index in [4.69, 9.17) is 4.74 Å². The number of pyridine rings is 2. The van der Waals surface area contributed by atoms with Crippen LogP contribution in [-0.2, 0) is 27.0 Å². The minimum absolute atomic E-state index is 0.117. The molecule has 0 spiro atoms. The number of nitrogens with one attached hydrogen (secondary N) is 1. The van der Waals surface area contributed by atoms with Gasteiger partial charge in [-0.1, -0.05) is 0 Å². The quantitative estimate of drug-likeness (QED) is 0.546. The van der Waals surface area contributed by atoms with Crippen LogP contribution in [0.5, 0.6) is 0 Å². The lowest BCUT2D eigenvalue weighted by Gasteiger charge is -2.31. The molecule has 1 aliphatic rings. The van der Waals surface area contributed by atoms with Gasteiger partial charge in [0.2, 0.25) is 0 Å². The molecule has 11 heteroatoms. The van der Waals surface area contributed by atoms with Gasteiger partial charge in [0.15, 0.2) is 0 Å². The molecule has 1 aliphatic carbocycles. The summed E-state index contributed by atoms with van der Waals surface area (Å²) in [7, 11) is 1.49. The van der Waals surface area contributed by atoms with Crippen LogP contribution in [0.4, 0.5) is 18.9 Å². The van der Waals surface area contributed by atoms with Crippen LogP contribution < -0.4 is 5.32 Å². The number of rotatable bonds is 7. The number of carbonyl (C=O) groups excluding carboxylic acids is 2. The maximum atomic E-state index is 13.2. The zero-order valence-electron chi connectivity index (χ0n) is 17.7. The van der Waals surface area contributed by atoms with E-state index in [0.717, 1.165) is 25.1 Å². The molecule has 2 amide bonds. The Morgan fingerprint density at radius 2 is 2.03 bits per heavy atom. The largest absolute Gasteiger partial charge is 0.417 e. The Hall–Kier alpha value is -3.47. The number of fused-ring (bicyclic) bond motifs is 1. The molecule has 1 N–H and O–H groups in total. The van der Waals surface area contributed by atoms with E-state index in [1.807, 2.05) is 0 Å². The highest BCUT2D eigenvalue weighted by Crippen LogP contribution is 2.36. The lowest BCUT2D eigenvalue weighted by molar-refractivity contribution is -0.146. The molecule has 3 heterocycles. The molecule has 1 fully saturated rings. The molecule has 8 nitrogen and oxygen atoms in total. The Morgan fingerprint density at radius 1 is 1.24 bits per heavy atom. The van der Waals surface area contributed by atoms with E-state index < -0.39 is 29.6 Å². The predicted molar refractivity (Wildman–Crippen MR) is 112 cm³/mol. The van der Waals surface area contributed by atoms with Crippen LogP contribution in [0, 0.1) is 5.92 Å². The third-order valence-corrected chi connectivity index (χ3v) is 5.50. The van der Waals surface area contributed by atoms with Crippen LogP contribution in [0.25, 0.3) is 5.65 Å². The Morgan fingerprint density at radius 3 is 2.67 bits per heavy atom. The molecule has 3 aromatic rings. The molecule has 4 rings (SSSR count). The van der Waals surface area contributed by atoms with Crippen LogP contribution in [-0.4, -0.2) is 50.8 Å². The Bertz CT molecular complexity index is 1140. The fraction of sp³-hybridized carbons (Fsp3) is 0.364. The minimum Gasteiger partial charge on any atom is -0.383 e. The summed E-state index contributed by atoms with van der Waals surface area (Å²) in [6.45, 7) is 0.0819. The maximum Gasteiger partial charge on any atom is 0.417 e. The number of ether oxygens (including phenoxy) is 1. The number of aromatic nitrogens is 3. The van der Waals surface area contributed by atoms with Gasteiger partial charge in [0, 0.05) is 43.7 Å².